The van der Waals surface area contributed by atoms with Crippen LogP contribution in [0.1, 0.15) is 0 Å². The van der Waals surface area contributed by atoms with E-state index in [1.807, 2.05) is 6.07 Å². The Morgan fingerprint density at radius 2 is 2.09 bits per heavy atom. The van der Waals surface area contributed by atoms with Gasteiger partial charge in [0.25, 0.3) is 0 Å². The summed E-state index contributed by atoms with van der Waals surface area (Å²) in [6.07, 6.45) is 0. The van der Waals surface area contributed by atoms with Gasteiger partial charge in [0.05, 0.1) is 5.69 Å². The van der Waals surface area contributed by atoms with Crippen molar-refractivity contribution >= 4 is 23.1 Å². The van der Waals surface area contributed by atoms with Gasteiger partial charge in [-0.1, -0.05) is 11.6 Å². The molecule has 0 unspecified atom stereocenters. The van der Waals surface area contributed by atoms with Crippen molar-refractivity contribution in [3.8, 4) is 0 Å². The maximum atomic E-state index is 5.70. The van der Waals surface area contributed by atoms with Crippen molar-refractivity contribution in [2.24, 2.45) is 0 Å². The van der Waals surface area contributed by atoms with Gasteiger partial charge in [0.1, 0.15) is 5.15 Å². The Kier molecular flexibility index (Phi) is 1.58. The average molecular weight is 170 g/mol. The number of hydrogen-bond acceptors (Lipinski definition) is 3. The lowest BCUT2D eigenvalue weighted by atomic mass is 10.3. The van der Waals surface area contributed by atoms with E-state index in [0.717, 1.165) is 24.6 Å². The van der Waals surface area contributed by atoms with E-state index in [1.54, 1.807) is 6.07 Å². The molecule has 0 saturated heterocycles. The van der Waals surface area contributed by atoms with Crippen LogP contribution in [0.25, 0.3) is 0 Å². The molecule has 0 fully saturated rings. The number of hydrogen-bond donors (Lipinski definition) is 2. The highest BCUT2D eigenvalue weighted by atomic mass is 35.5. The zero-order valence-corrected chi connectivity index (χ0v) is 6.65. The molecule has 0 bridgehead atoms. The maximum Gasteiger partial charge on any atom is 0.151 e. The average Bonchev–Trinajstić information content (AvgIpc) is 2.04. The maximum absolute atomic E-state index is 5.70. The minimum absolute atomic E-state index is 0.528. The molecule has 0 aliphatic carbocycles. The van der Waals surface area contributed by atoms with Crippen molar-refractivity contribution in [2.45, 2.75) is 0 Å². The van der Waals surface area contributed by atoms with Crippen LogP contribution in [0.15, 0.2) is 12.1 Å². The zero-order valence-electron chi connectivity index (χ0n) is 5.89. The Morgan fingerprint density at radius 1 is 1.27 bits per heavy atom. The number of fused-ring (bicyclic) bond motifs is 1. The molecule has 0 atom stereocenters. The molecule has 0 radical (unpaired) electrons. The van der Waals surface area contributed by atoms with Gasteiger partial charge in [-0.15, -0.1) is 0 Å². The van der Waals surface area contributed by atoms with Gasteiger partial charge >= 0.3 is 0 Å². The van der Waals surface area contributed by atoms with Crippen molar-refractivity contribution < 1.29 is 0 Å². The van der Waals surface area contributed by atoms with E-state index in [-0.39, 0.29) is 0 Å². The van der Waals surface area contributed by atoms with Crippen LogP contribution in [0.2, 0.25) is 5.15 Å². The van der Waals surface area contributed by atoms with Crippen LogP contribution in [0, 0.1) is 0 Å². The number of rotatable bonds is 0. The van der Waals surface area contributed by atoms with E-state index in [4.69, 9.17) is 11.6 Å². The van der Waals surface area contributed by atoms with E-state index in [2.05, 4.69) is 15.6 Å². The van der Waals surface area contributed by atoms with Crippen LogP contribution in [-0.2, 0) is 0 Å². The van der Waals surface area contributed by atoms with Crippen molar-refractivity contribution in [1.29, 1.82) is 0 Å². The molecule has 2 heterocycles. The molecule has 11 heavy (non-hydrogen) atoms. The van der Waals surface area contributed by atoms with Gasteiger partial charge < -0.3 is 10.6 Å². The molecular formula is C7H8ClN3. The van der Waals surface area contributed by atoms with Gasteiger partial charge in [-0.2, -0.15) is 0 Å². The third kappa shape index (κ3) is 1.24. The number of anilines is 2. The smallest absolute Gasteiger partial charge is 0.151 e. The number of nitrogens with one attached hydrogen (secondary N) is 2. The second-order valence-electron chi connectivity index (χ2n) is 2.38. The van der Waals surface area contributed by atoms with Crippen LogP contribution in [-0.4, -0.2) is 18.1 Å². The lowest BCUT2D eigenvalue weighted by molar-refractivity contribution is 1.02. The topological polar surface area (TPSA) is 37.0 Å². The molecule has 2 rings (SSSR count). The first kappa shape index (κ1) is 6.73. The summed E-state index contributed by atoms with van der Waals surface area (Å²) in [5.74, 6) is 0.851. The zero-order chi connectivity index (χ0) is 7.68. The van der Waals surface area contributed by atoms with E-state index in [1.165, 1.54) is 0 Å². The Balaban J connectivity index is 2.43. The summed E-state index contributed by atoms with van der Waals surface area (Å²) in [7, 11) is 0. The highest BCUT2D eigenvalue weighted by Crippen LogP contribution is 2.23. The molecule has 1 aromatic rings. The highest BCUT2D eigenvalue weighted by molar-refractivity contribution is 6.29. The molecular weight excluding hydrogens is 162 g/mol. The van der Waals surface area contributed by atoms with Crippen molar-refractivity contribution in [3.05, 3.63) is 17.3 Å². The lowest BCUT2D eigenvalue weighted by Gasteiger charge is -2.18. The molecule has 0 amide bonds. The first-order chi connectivity index (χ1) is 5.36. The number of halogens is 1. The molecule has 4 heteroatoms. The highest BCUT2D eigenvalue weighted by Gasteiger charge is 2.07. The fraction of sp³-hybridized carbons (Fsp3) is 0.286. The molecule has 0 aromatic carbocycles. The molecule has 2 N–H and O–H groups in total. The summed E-state index contributed by atoms with van der Waals surface area (Å²) in [4.78, 5) is 4.11. The fourth-order valence-electron chi connectivity index (χ4n) is 1.09. The van der Waals surface area contributed by atoms with Crippen LogP contribution in [0.3, 0.4) is 0 Å². The third-order valence-corrected chi connectivity index (χ3v) is 1.80. The Labute approximate surface area is 69.8 Å². The van der Waals surface area contributed by atoms with Crippen LogP contribution >= 0.6 is 11.6 Å². The summed E-state index contributed by atoms with van der Waals surface area (Å²) in [6, 6.07) is 3.71. The van der Waals surface area contributed by atoms with Crippen molar-refractivity contribution in [1.82, 2.24) is 4.98 Å². The molecule has 0 spiro atoms. The monoisotopic (exact) mass is 169 g/mol. The summed E-state index contributed by atoms with van der Waals surface area (Å²) in [5.41, 5.74) is 1.03. The Morgan fingerprint density at radius 3 is 3.00 bits per heavy atom. The molecule has 1 aliphatic heterocycles. The normalized spacial score (nSPS) is 14.6. The number of pyridine rings is 1. The SMILES string of the molecule is Clc1ccc2c(n1)NCCN2. The van der Waals surface area contributed by atoms with E-state index in [9.17, 15) is 0 Å². The van der Waals surface area contributed by atoms with E-state index in [0.29, 0.717) is 5.15 Å². The molecule has 1 aliphatic rings. The predicted octanol–water partition coefficient (Wildman–Crippen LogP) is 1.57. The second-order valence-corrected chi connectivity index (χ2v) is 2.77. The standard InChI is InChI=1S/C7H8ClN3/c8-6-2-1-5-7(11-6)10-4-3-9-5/h1-2,9H,3-4H2,(H,10,11). The van der Waals surface area contributed by atoms with Gasteiger partial charge in [-0.05, 0) is 12.1 Å². The van der Waals surface area contributed by atoms with Crippen LogP contribution < -0.4 is 10.6 Å². The molecule has 3 nitrogen and oxygen atoms in total. The van der Waals surface area contributed by atoms with Gasteiger partial charge in [-0.3, -0.25) is 0 Å². The fourth-order valence-corrected chi connectivity index (χ4v) is 1.24. The van der Waals surface area contributed by atoms with Gasteiger partial charge in [0, 0.05) is 13.1 Å². The number of aromatic nitrogens is 1. The molecule has 0 saturated carbocycles. The van der Waals surface area contributed by atoms with Crippen LogP contribution in [0.4, 0.5) is 11.5 Å². The number of nitrogens with zero attached hydrogens (tertiary/aromatic N) is 1. The minimum atomic E-state index is 0.528. The molecule has 1 aromatic heterocycles. The summed E-state index contributed by atoms with van der Waals surface area (Å²) >= 11 is 5.70. The third-order valence-electron chi connectivity index (χ3n) is 1.59. The van der Waals surface area contributed by atoms with Crippen LogP contribution in [0.5, 0.6) is 0 Å². The van der Waals surface area contributed by atoms with Gasteiger partial charge in [-0.25, -0.2) is 4.98 Å². The minimum Gasteiger partial charge on any atom is -0.380 e. The first-order valence-corrected chi connectivity index (χ1v) is 3.88. The van der Waals surface area contributed by atoms with E-state index >= 15 is 0 Å². The van der Waals surface area contributed by atoms with Gasteiger partial charge in [0.2, 0.25) is 0 Å². The van der Waals surface area contributed by atoms with Crippen molar-refractivity contribution in [2.75, 3.05) is 23.7 Å². The Hall–Kier alpha value is -0.960. The largest absolute Gasteiger partial charge is 0.380 e. The summed E-state index contributed by atoms with van der Waals surface area (Å²) < 4.78 is 0. The van der Waals surface area contributed by atoms with Crippen molar-refractivity contribution in [3.63, 3.8) is 0 Å². The summed E-state index contributed by atoms with van der Waals surface area (Å²) in [6.45, 7) is 1.84. The van der Waals surface area contributed by atoms with Gasteiger partial charge in [0.15, 0.2) is 5.82 Å². The lowest BCUT2D eigenvalue weighted by Crippen LogP contribution is -2.21. The summed E-state index contributed by atoms with van der Waals surface area (Å²) in [5, 5.41) is 6.88. The first-order valence-electron chi connectivity index (χ1n) is 3.50. The Bertz CT molecular complexity index is 274. The molecule has 58 valence electrons. The second kappa shape index (κ2) is 2.58. The predicted molar refractivity (Wildman–Crippen MR) is 46.2 cm³/mol. The quantitative estimate of drug-likeness (QED) is 0.579. The van der Waals surface area contributed by atoms with E-state index < -0.39 is 0 Å².